The van der Waals surface area contributed by atoms with Gasteiger partial charge in [-0.15, -0.1) is 6.42 Å². The third-order valence-corrected chi connectivity index (χ3v) is 0.942. The van der Waals surface area contributed by atoms with Crippen LogP contribution in [0.5, 0.6) is 0 Å². The van der Waals surface area contributed by atoms with Crippen molar-refractivity contribution in [2.24, 2.45) is 0 Å². The summed E-state index contributed by atoms with van der Waals surface area (Å²) in [7, 11) is 0. The lowest BCUT2D eigenvalue weighted by Crippen LogP contribution is -1.99. The van der Waals surface area contributed by atoms with Gasteiger partial charge in [0.15, 0.2) is 5.82 Å². The Kier molecular flexibility index (Phi) is 1.80. The molecule has 1 N–H and O–H groups in total. The smallest absolute Gasteiger partial charge is 0.211 e. The Bertz CT molecular complexity index is 257. The van der Waals surface area contributed by atoms with Crippen molar-refractivity contribution in [2.45, 2.75) is 6.42 Å². The monoisotopic (exact) mass is 135 g/mol. The zero-order valence-electron chi connectivity index (χ0n) is 5.16. The summed E-state index contributed by atoms with van der Waals surface area (Å²) in [6.45, 7) is 0. The van der Waals surface area contributed by atoms with Gasteiger partial charge in [-0.2, -0.15) is 5.10 Å². The van der Waals surface area contributed by atoms with Crippen LogP contribution in [0, 0.1) is 12.3 Å². The van der Waals surface area contributed by atoms with Gasteiger partial charge in [-0.25, -0.2) is 4.98 Å². The molecule has 0 amide bonds. The molecule has 50 valence electrons. The fourth-order valence-electron chi connectivity index (χ4n) is 0.516. The van der Waals surface area contributed by atoms with Crippen molar-refractivity contribution >= 4 is 5.78 Å². The minimum atomic E-state index is -0.208. The van der Waals surface area contributed by atoms with Gasteiger partial charge in [0.25, 0.3) is 0 Å². The van der Waals surface area contributed by atoms with Gasteiger partial charge < -0.3 is 0 Å². The molecule has 0 aliphatic rings. The Morgan fingerprint density at radius 2 is 2.70 bits per heavy atom. The Morgan fingerprint density at radius 1 is 1.90 bits per heavy atom. The van der Waals surface area contributed by atoms with Crippen molar-refractivity contribution in [3.8, 4) is 12.3 Å². The number of nitrogens with zero attached hydrogens (tertiary/aromatic N) is 2. The van der Waals surface area contributed by atoms with E-state index in [1.807, 2.05) is 0 Å². The second-order valence-corrected chi connectivity index (χ2v) is 1.64. The van der Waals surface area contributed by atoms with Gasteiger partial charge in [-0.1, -0.05) is 5.92 Å². The topological polar surface area (TPSA) is 58.6 Å². The molecule has 0 atom stereocenters. The van der Waals surface area contributed by atoms with E-state index in [0.29, 0.717) is 0 Å². The number of ketones is 1. The molecule has 0 aliphatic carbocycles. The van der Waals surface area contributed by atoms with Gasteiger partial charge in [0.05, 0.1) is 6.42 Å². The highest BCUT2D eigenvalue weighted by molar-refractivity contribution is 5.93. The summed E-state index contributed by atoms with van der Waals surface area (Å²) in [6.07, 6.45) is 6.23. The number of aromatic nitrogens is 3. The second-order valence-electron chi connectivity index (χ2n) is 1.64. The summed E-state index contributed by atoms with van der Waals surface area (Å²) in [6, 6.07) is 0. The number of nitrogens with one attached hydrogen (secondary N) is 1. The number of H-pyrrole nitrogens is 1. The molecule has 1 aromatic heterocycles. The minimum absolute atomic E-state index is 0.0647. The first kappa shape index (κ1) is 6.49. The molecule has 0 bridgehead atoms. The lowest BCUT2D eigenvalue weighted by molar-refractivity contribution is 0.0989. The zero-order chi connectivity index (χ0) is 7.40. The number of carbonyl (C=O) groups excluding carboxylic acids is 1. The molecule has 4 heteroatoms. The molecule has 0 saturated carbocycles. The van der Waals surface area contributed by atoms with Crippen molar-refractivity contribution in [3.05, 3.63) is 12.2 Å². The lowest BCUT2D eigenvalue weighted by atomic mass is 10.3. The third-order valence-electron chi connectivity index (χ3n) is 0.942. The number of Topliss-reactive ketones (excluding diaryl/α,β-unsaturated/α-hetero) is 1. The highest BCUT2D eigenvalue weighted by Crippen LogP contribution is 1.91. The van der Waals surface area contributed by atoms with Crippen LogP contribution >= 0.6 is 0 Å². The molecular formula is C6H5N3O. The van der Waals surface area contributed by atoms with Crippen LogP contribution in [-0.4, -0.2) is 21.0 Å². The molecule has 4 nitrogen and oxygen atoms in total. The summed E-state index contributed by atoms with van der Waals surface area (Å²) in [4.78, 5) is 14.5. The molecule has 0 unspecified atom stereocenters. The molecule has 1 heterocycles. The van der Waals surface area contributed by atoms with Crippen LogP contribution in [0.25, 0.3) is 0 Å². The Morgan fingerprint density at radius 3 is 3.20 bits per heavy atom. The molecule has 1 aromatic rings. The van der Waals surface area contributed by atoms with Crippen LogP contribution in [0.2, 0.25) is 0 Å². The standard InChI is InChI=1S/C6H5N3O/c1-2-3-5(10)6-7-4-8-9-6/h1,4H,3H2,(H,7,8,9). The zero-order valence-corrected chi connectivity index (χ0v) is 5.16. The van der Waals surface area contributed by atoms with Crippen molar-refractivity contribution in [3.63, 3.8) is 0 Å². The van der Waals surface area contributed by atoms with E-state index in [2.05, 4.69) is 21.1 Å². The van der Waals surface area contributed by atoms with E-state index in [4.69, 9.17) is 6.42 Å². The average Bonchev–Trinajstić information content (AvgIpc) is 2.38. The number of hydrogen-bond acceptors (Lipinski definition) is 3. The van der Waals surface area contributed by atoms with Gasteiger partial charge in [0.1, 0.15) is 6.33 Å². The van der Waals surface area contributed by atoms with Crippen molar-refractivity contribution in [1.29, 1.82) is 0 Å². The highest BCUT2D eigenvalue weighted by atomic mass is 16.1. The molecule has 0 spiro atoms. The third kappa shape index (κ3) is 1.20. The highest BCUT2D eigenvalue weighted by Gasteiger charge is 2.04. The number of terminal acetylenes is 1. The fourth-order valence-corrected chi connectivity index (χ4v) is 0.516. The van der Waals surface area contributed by atoms with E-state index in [0.717, 1.165) is 0 Å². The van der Waals surface area contributed by atoms with Gasteiger partial charge in [0, 0.05) is 0 Å². The van der Waals surface area contributed by atoms with Crippen molar-refractivity contribution in [2.75, 3.05) is 0 Å². The van der Waals surface area contributed by atoms with E-state index in [9.17, 15) is 4.79 Å². The summed E-state index contributed by atoms with van der Waals surface area (Å²) >= 11 is 0. The van der Waals surface area contributed by atoms with Crippen LogP contribution in [0.3, 0.4) is 0 Å². The Balaban J connectivity index is 2.71. The van der Waals surface area contributed by atoms with E-state index < -0.39 is 0 Å². The quantitative estimate of drug-likeness (QED) is 0.459. The van der Waals surface area contributed by atoms with Crippen LogP contribution in [-0.2, 0) is 0 Å². The molecule has 1 rings (SSSR count). The van der Waals surface area contributed by atoms with Crippen LogP contribution < -0.4 is 0 Å². The largest absolute Gasteiger partial charge is 0.290 e. The van der Waals surface area contributed by atoms with E-state index in [1.165, 1.54) is 6.33 Å². The Labute approximate surface area is 57.7 Å². The normalized spacial score (nSPS) is 8.70. The molecule has 10 heavy (non-hydrogen) atoms. The predicted molar refractivity (Wildman–Crippen MR) is 34.2 cm³/mol. The SMILES string of the molecule is C#CCC(=O)c1ncn[nH]1. The second kappa shape index (κ2) is 2.78. The number of hydrogen-bond donors (Lipinski definition) is 1. The predicted octanol–water partition coefficient (Wildman–Crippen LogP) is 0.0107. The summed E-state index contributed by atoms with van der Waals surface area (Å²) in [5.74, 6) is 2.23. The minimum Gasteiger partial charge on any atom is -0.290 e. The maximum absolute atomic E-state index is 10.8. The van der Waals surface area contributed by atoms with Crippen molar-refractivity contribution in [1.82, 2.24) is 15.2 Å². The van der Waals surface area contributed by atoms with E-state index in [-0.39, 0.29) is 18.0 Å². The summed E-state index contributed by atoms with van der Waals surface area (Å²) in [5, 5.41) is 5.92. The first-order valence-electron chi connectivity index (χ1n) is 2.66. The van der Waals surface area contributed by atoms with Crippen LogP contribution in [0.1, 0.15) is 17.0 Å². The molecule has 0 radical (unpaired) electrons. The first-order valence-corrected chi connectivity index (χ1v) is 2.66. The first-order chi connectivity index (χ1) is 4.84. The number of rotatable bonds is 2. The lowest BCUT2D eigenvalue weighted by Gasteiger charge is -1.84. The van der Waals surface area contributed by atoms with Gasteiger partial charge in [-0.05, 0) is 0 Å². The molecular weight excluding hydrogens is 130 g/mol. The van der Waals surface area contributed by atoms with Crippen molar-refractivity contribution < 1.29 is 4.79 Å². The molecule has 0 saturated heterocycles. The maximum Gasteiger partial charge on any atom is 0.211 e. The maximum atomic E-state index is 10.8. The fraction of sp³-hybridized carbons (Fsp3) is 0.167. The molecule has 0 fully saturated rings. The average molecular weight is 135 g/mol. The van der Waals surface area contributed by atoms with Gasteiger partial charge in [-0.3, -0.25) is 9.89 Å². The van der Waals surface area contributed by atoms with Gasteiger partial charge in [0.2, 0.25) is 5.78 Å². The summed E-state index contributed by atoms with van der Waals surface area (Å²) < 4.78 is 0. The van der Waals surface area contributed by atoms with Crippen LogP contribution in [0.4, 0.5) is 0 Å². The van der Waals surface area contributed by atoms with Gasteiger partial charge >= 0.3 is 0 Å². The molecule has 0 aliphatic heterocycles. The van der Waals surface area contributed by atoms with E-state index in [1.54, 1.807) is 0 Å². The van der Waals surface area contributed by atoms with E-state index >= 15 is 0 Å². The Hall–Kier alpha value is -1.63. The summed E-state index contributed by atoms with van der Waals surface area (Å²) in [5.41, 5.74) is 0. The number of aromatic amines is 1. The molecule has 0 aromatic carbocycles. The number of carbonyl (C=O) groups is 1. The van der Waals surface area contributed by atoms with Crippen LogP contribution in [0.15, 0.2) is 6.33 Å².